The molecule has 1 fully saturated rings. The van der Waals surface area contributed by atoms with Gasteiger partial charge in [-0.3, -0.25) is 6.08 Å². The van der Waals surface area contributed by atoms with Crippen molar-refractivity contribution in [2.75, 3.05) is 0 Å². The van der Waals surface area contributed by atoms with Gasteiger partial charge in [-0.05, 0) is 36.1 Å². The van der Waals surface area contributed by atoms with Crippen molar-refractivity contribution in [3.63, 3.8) is 0 Å². The molecule has 0 saturated heterocycles. The van der Waals surface area contributed by atoms with Gasteiger partial charge in [0.15, 0.2) is 0 Å². The number of fused-ring (bicyclic) bond motifs is 5. The van der Waals surface area contributed by atoms with Crippen molar-refractivity contribution in [1.82, 2.24) is 0 Å². The number of halogens is 2. The van der Waals surface area contributed by atoms with Gasteiger partial charge in [0.25, 0.3) is 0 Å². The monoisotopic (exact) mass is 660 g/mol. The van der Waals surface area contributed by atoms with Crippen LogP contribution in [0.4, 0.5) is 0 Å². The summed E-state index contributed by atoms with van der Waals surface area (Å²) in [5.74, 6) is 0.556. The second-order valence-electron chi connectivity index (χ2n) is 13.4. The Bertz CT molecular complexity index is 1490. The molecule has 0 bridgehead atoms. The Morgan fingerprint density at radius 3 is 1.54 bits per heavy atom. The Morgan fingerprint density at radius 2 is 1.22 bits per heavy atom. The van der Waals surface area contributed by atoms with Gasteiger partial charge in [0, 0.05) is 10.8 Å². The fraction of sp³-hybridized carbons (Fsp3) is 0.421. The molecule has 0 N–H and O–H groups in total. The quantitative estimate of drug-likeness (QED) is 0.306. The van der Waals surface area contributed by atoms with Gasteiger partial charge in [-0.25, -0.2) is 11.6 Å². The first kappa shape index (κ1) is 34.1. The third-order valence-electron chi connectivity index (χ3n) is 8.92. The molecule has 1 unspecified atom stereocenters. The third kappa shape index (κ3) is 7.06. The van der Waals surface area contributed by atoms with Crippen LogP contribution in [-0.2, 0) is 35.1 Å². The number of benzene rings is 2. The van der Waals surface area contributed by atoms with Crippen LogP contribution in [0.15, 0.2) is 60.2 Å². The fourth-order valence-corrected chi connectivity index (χ4v) is 7.82. The molecule has 216 valence electrons. The van der Waals surface area contributed by atoms with Crippen LogP contribution >= 0.6 is 0 Å². The van der Waals surface area contributed by atoms with Crippen LogP contribution in [0.2, 0.25) is 0 Å². The maximum atomic E-state index is 3.15. The SMILES string of the molecule is CC1=CC(C)(C)c2cc3[cH-]c4cc5c(cc4c3cc21)C(C)=CC5(C)C.CC1=CC(C)[C-]=C1.[Cl-].[Cl-].[Zr+2]=[C]1CCCCC1. The molecule has 3 aromatic rings. The summed E-state index contributed by atoms with van der Waals surface area (Å²) in [6.45, 7) is 18.0. The summed E-state index contributed by atoms with van der Waals surface area (Å²) in [4.78, 5) is 0. The standard InChI is InChI=1S/C25H25.C7H9.C6H10.2ClH.Zr/c1-14-12-24(3,4)22-8-16-7-17-9-23-19(15(2)13-25(23,5)6)11-21(17)20(16)10-18(14)22;1-6-3-4-7(2)5-6;1-2-4-6-5-3-1;;;/h7-13H,1-6H3;3,5,7H,1-2H3;1-5H2;2*1H;/q2*-1;;;;+2/p-2. The van der Waals surface area contributed by atoms with Crippen molar-refractivity contribution in [3.8, 4) is 0 Å². The normalized spacial score (nSPS) is 20.9. The summed E-state index contributed by atoms with van der Waals surface area (Å²) in [5.41, 5.74) is 10.2. The van der Waals surface area contributed by atoms with Crippen LogP contribution in [0.3, 0.4) is 0 Å². The second kappa shape index (κ2) is 13.1. The molecular weight excluding hydrogens is 619 g/mol. The van der Waals surface area contributed by atoms with Crippen molar-refractivity contribution >= 4 is 35.9 Å². The Balaban J connectivity index is 0.000000239. The van der Waals surface area contributed by atoms with Crippen LogP contribution in [-0.4, -0.2) is 3.21 Å². The zero-order valence-electron chi connectivity index (χ0n) is 26.1. The van der Waals surface area contributed by atoms with E-state index in [1.807, 2.05) is 6.08 Å². The molecule has 0 amide bonds. The Hall–Kier alpha value is -1.40. The van der Waals surface area contributed by atoms with Gasteiger partial charge in [-0.1, -0.05) is 75.9 Å². The molecule has 4 aliphatic carbocycles. The molecule has 0 aromatic heterocycles. The number of hydrogen-bond donors (Lipinski definition) is 0. The van der Waals surface area contributed by atoms with Crippen molar-refractivity contribution in [1.29, 1.82) is 0 Å². The van der Waals surface area contributed by atoms with Crippen molar-refractivity contribution in [3.05, 3.63) is 88.5 Å². The Kier molecular flexibility index (Phi) is 10.9. The zero-order valence-corrected chi connectivity index (χ0v) is 30.0. The first-order chi connectivity index (χ1) is 18.4. The van der Waals surface area contributed by atoms with Gasteiger partial charge < -0.3 is 24.8 Å². The molecule has 3 aromatic carbocycles. The zero-order chi connectivity index (χ0) is 28.1. The predicted molar refractivity (Wildman–Crippen MR) is 169 cm³/mol. The first-order valence-corrected chi connectivity index (χ1v) is 16.0. The van der Waals surface area contributed by atoms with E-state index in [-0.39, 0.29) is 35.6 Å². The van der Waals surface area contributed by atoms with Crippen LogP contribution in [0.5, 0.6) is 0 Å². The van der Waals surface area contributed by atoms with E-state index in [4.69, 9.17) is 0 Å². The third-order valence-corrected chi connectivity index (χ3v) is 10.1. The van der Waals surface area contributed by atoms with E-state index in [0.29, 0.717) is 5.92 Å². The minimum atomic E-state index is 0. The summed E-state index contributed by atoms with van der Waals surface area (Å²) in [5, 5.41) is 5.57. The van der Waals surface area contributed by atoms with Crippen LogP contribution < -0.4 is 24.8 Å². The van der Waals surface area contributed by atoms with E-state index in [9.17, 15) is 0 Å². The summed E-state index contributed by atoms with van der Waals surface area (Å²) >= 11 is 1.69. The van der Waals surface area contributed by atoms with Gasteiger partial charge in [0.1, 0.15) is 0 Å². The van der Waals surface area contributed by atoms with E-state index in [0.717, 1.165) is 0 Å². The van der Waals surface area contributed by atoms with Crippen LogP contribution in [0.1, 0.15) is 110 Å². The average Bonchev–Trinajstić information content (AvgIpc) is 3.55. The van der Waals surface area contributed by atoms with Gasteiger partial charge in [-0.15, -0.1) is 46.7 Å². The molecule has 1 saturated carbocycles. The van der Waals surface area contributed by atoms with Gasteiger partial charge in [0.05, 0.1) is 0 Å². The van der Waals surface area contributed by atoms with Gasteiger partial charge in [0.2, 0.25) is 0 Å². The summed E-state index contributed by atoms with van der Waals surface area (Å²) in [6.07, 6.45) is 19.5. The molecule has 0 nitrogen and oxygen atoms in total. The van der Waals surface area contributed by atoms with Crippen molar-refractivity contribution in [2.45, 2.75) is 98.3 Å². The molecule has 0 aliphatic heterocycles. The van der Waals surface area contributed by atoms with E-state index >= 15 is 0 Å². The summed E-state index contributed by atoms with van der Waals surface area (Å²) in [7, 11) is 0. The van der Waals surface area contributed by atoms with E-state index in [1.165, 1.54) is 92.6 Å². The first-order valence-electron chi connectivity index (χ1n) is 14.8. The van der Waals surface area contributed by atoms with Crippen LogP contribution in [0.25, 0.3) is 32.7 Å². The van der Waals surface area contributed by atoms with Crippen LogP contribution in [0, 0.1) is 12.0 Å². The maximum absolute atomic E-state index is 3.15. The van der Waals surface area contributed by atoms with Gasteiger partial charge in [-0.2, -0.15) is 6.08 Å². The van der Waals surface area contributed by atoms with Crippen molar-refractivity contribution < 1.29 is 49.0 Å². The minimum absolute atomic E-state index is 0. The van der Waals surface area contributed by atoms with Gasteiger partial charge >= 0.3 is 59.5 Å². The number of hydrogen-bond acceptors (Lipinski definition) is 0. The molecule has 0 heterocycles. The molecule has 3 heteroatoms. The van der Waals surface area contributed by atoms with E-state index in [2.05, 4.69) is 110 Å². The molecule has 0 radical (unpaired) electrons. The molecule has 41 heavy (non-hydrogen) atoms. The fourth-order valence-electron chi connectivity index (χ4n) is 6.95. The summed E-state index contributed by atoms with van der Waals surface area (Å²) in [6, 6.07) is 12.1. The molecule has 1 atom stereocenters. The molecule has 7 rings (SSSR count). The number of rotatable bonds is 0. The predicted octanol–water partition coefficient (Wildman–Crippen LogP) is 4.72. The molecule has 4 aliphatic rings. The molecular formula is C38H44Cl2Zr-2. The number of allylic oxidation sites excluding steroid dienone is 8. The Labute approximate surface area is 276 Å². The van der Waals surface area contributed by atoms with Crippen molar-refractivity contribution in [2.24, 2.45) is 5.92 Å². The van der Waals surface area contributed by atoms with E-state index in [1.54, 1.807) is 27.4 Å². The average molecular weight is 663 g/mol. The van der Waals surface area contributed by atoms with E-state index < -0.39 is 0 Å². The Morgan fingerprint density at radius 1 is 0.756 bits per heavy atom. The second-order valence-corrected chi connectivity index (χ2v) is 15.1. The summed E-state index contributed by atoms with van der Waals surface area (Å²) < 4.78 is 1.80. The topological polar surface area (TPSA) is 0 Å². The molecule has 0 spiro atoms.